The van der Waals surface area contributed by atoms with Crippen LogP contribution in [-0.4, -0.2) is 25.5 Å². The lowest BCUT2D eigenvalue weighted by Gasteiger charge is -2.12. The smallest absolute Gasteiger partial charge is 0.252 e. The van der Waals surface area contributed by atoms with Crippen molar-refractivity contribution < 1.29 is 4.79 Å². The van der Waals surface area contributed by atoms with E-state index < -0.39 is 0 Å². The van der Waals surface area contributed by atoms with Gasteiger partial charge in [0.05, 0.1) is 5.56 Å². The van der Waals surface area contributed by atoms with Gasteiger partial charge in [-0.1, -0.05) is 6.07 Å². The van der Waals surface area contributed by atoms with Crippen LogP contribution in [0.15, 0.2) is 22.7 Å². The van der Waals surface area contributed by atoms with Crippen LogP contribution in [-0.2, 0) is 0 Å². The third-order valence-corrected chi connectivity index (χ3v) is 4.82. The normalized spacial score (nSPS) is 12.2. The lowest BCUT2D eigenvalue weighted by molar-refractivity contribution is 0.0949. The summed E-state index contributed by atoms with van der Waals surface area (Å²) in [5.74, 6) is -0.0344. The monoisotopic (exact) mass is 396 g/mol. The van der Waals surface area contributed by atoms with Crippen LogP contribution in [0.3, 0.4) is 0 Å². The Kier molecular flexibility index (Phi) is 5.71. The zero-order chi connectivity index (χ0) is 12.1. The molecule has 0 saturated carbocycles. The van der Waals surface area contributed by atoms with Crippen molar-refractivity contribution in [2.24, 2.45) is 0 Å². The van der Waals surface area contributed by atoms with Gasteiger partial charge in [0, 0.05) is 20.6 Å². The van der Waals surface area contributed by atoms with Crippen molar-refractivity contribution in [2.75, 3.05) is 13.6 Å². The zero-order valence-corrected chi connectivity index (χ0v) is 12.9. The van der Waals surface area contributed by atoms with Crippen LogP contribution in [0.1, 0.15) is 17.3 Å². The average molecular weight is 397 g/mol. The van der Waals surface area contributed by atoms with Crippen molar-refractivity contribution >= 4 is 44.4 Å². The van der Waals surface area contributed by atoms with Gasteiger partial charge in [-0.2, -0.15) is 0 Å². The van der Waals surface area contributed by atoms with Gasteiger partial charge in [-0.25, -0.2) is 0 Å². The molecule has 0 saturated heterocycles. The zero-order valence-electron chi connectivity index (χ0n) is 9.18. The number of hydrogen-bond donors (Lipinski definition) is 2. The lowest BCUT2D eigenvalue weighted by atomic mass is 10.2. The van der Waals surface area contributed by atoms with Crippen LogP contribution < -0.4 is 10.6 Å². The second-order valence-electron chi connectivity index (χ2n) is 3.50. The molecule has 88 valence electrons. The van der Waals surface area contributed by atoms with E-state index in [0.29, 0.717) is 12.1 Å². The highest BCUT2D eigenvalue weighted by atomic mass is 127. The van der Waals surface area contributed by atoms with E-state index in [0.717, 1.165) is 8.04 Å². The van der Waals surface area contributed by atoms with E-state index >= 15 is 0 Å². The van der Waals surface area contributed by atoms with Gasteiger partial charge in [-0.05, 0) is 64.6 Å². The van der Waals surface area contributed by atoms with Gasteiger partial charge in [0.2, 0.25) is 0 Å². The van der Waals surface area contributed by atoms with E-state index in [1.807, 2.05) is 32.2 Å². The van der Waals surface area contributed by atoms with Crippen molar-refractivity contribution in [3.63, 3.8) is 0 Å². The minimum atomic E-state index is -0.0344. The summed E-state index contributed by atoms with van der Waals surface area (Å²) in [6.07, 6.45) is 0. The van der Waals surface area contributed by atoms with Crippen molar-refractivity contribution in [1.29, 1.82) is 0 Å². The molecule has 1 rings (SSSR count). The molecule has 0 aliphatic heterocycles. The van der Waals surface area contributed by atoms with Gasteiger partial charge in [0.1, 0.15) is 0 Å². The molecule has 1 aromatic rings. The Morgan fingerprint density at radius 2 is 2.25 bits per heavy atom. The van der Waals surface area contributed by atoms with Crippen molar-refractivity contribution in [3.8, 4) is 0 Å². The molecular formula is C11H14BrIN2O. The number of halogens is 2. The molecule has 0 aliphatic carbocycles. The fourth-order valence-corrected chi connectivity index (χ4v) is 2.09. The maximum atomic E-state index is 11.9. The van der Waals surface area contributed by atoms with Crippen LogP contribution in [0.25, 0.3) is 0 Å². The molecule has 0 radical (unpaired) electrons. The standard InChI is InChI=1S/C11H14BrIN2O/c1-7(14-2)6-15-11(16)8-4-3-5-9(12)10(8)13/h3-5,7,14H,6H2,1-2H3,(H,15,16). The number of rotatable bonds is 4. The minimum Gasteiger partial charge on any atom is -0.350 e. The Hall–Kier alpha value is -0.140. The Labute approximate surface area is 118 Å². The summed E-state index contributed by atoms with van der Waals surface area (Å²) in [5.41, 5.74) is 0.707. The summed E-state index contributed by atoms with van der Waals surface area (Å²) in [6, 6.07) is 5.89. The molecule has 0 bridgehead atoms. The van der Waals surface area contributed by atoms with E-state index in [2.05, 4.69) is 49.2 Å². The van der Waals surface area contributed by atoms with Gasteiger partial charge in [0.15, 0.2) is 0 Å². The van der Waals surface area contributed by atoms with Crippen LogP contribution >= 0.6 is 38.5 Å². The molecule has 1 unspecified atom stereocenters. The molecule has 1 atom stereocenters. The van der Waals surface area contributed by atoms with Gasteiger partial charge < -0.3 is 10.6 Å². The van der Waals surface area contributed by atoms with E-state index in [-0.39, 0.29) is 11.9 Å². The van der Waals surface area contributed by atoms with Crippen LogP contribution in [0.2, 0.25) is 0 Å². The van der Waals surface area contributed by atoms with E-state index in [4.69, 9.17) is 0 Å². The number of hydrogen-bond acceptors (Lipinski definition) is 2. The number of benzene rings is 1. The fraction of sp³-hybridized carbons (Fsp3) is 0.364. The second-order valence-corrected chi connectivity index (χ2v) is 5.43. The van der Waals surface area contributed by atoms with Gasteiger partial charge >= 0.3 is 0 Å². The molecule has 2 N–H and O–H groups in total. The van der Waals surface area contributed by atoms with Gasteiger partial charge in [0.25, 0.3) is 5.91 Å². The predicted molar refractivity (Wildman–Crippen MR) is 77.7 cm³/mol. The largest absolute Gasteiger partial charge is 0.350 e. The first-order chi connectivity index (χ1) is 7.56. The molecule has 0 aliphatic rings. The molecule has 0 spiro atoms. The number of carbonyl (C=O) groups excluding carboxylic acids is 1. The number of carbonyl (C=O) groups is 1. The maximum absolute atomic E-state index is 11.9. The molecule has 1 aromatic carbocycles. The summed E-state index contributed by atoms with van der Waals surface area (Å²) in [7, 11) is 1.87. The minimum absolute atomic E-state index is 0.0344. The topological polar surface area (TPSA) is 41.1 Å². The lowest BCUT2D eigenvalue weighted by Crippen LogP contribution is -2.37. The number of nitrogens with one attached hydrogen (secondary N) is 2. The highest BCUT2D eigenvalue weighted by Gasteiger charge is 2.11. The summed E-state index contributed by atoms with van der Waals surface area (Å²) in [4.78, 5) is 11.9. The van der Waals surface area contributed by atoms with Crippen molar-refractivity contribution in [1.82, 2.24) is 10.6 Å². The van der Waals surface area contributed by atoms with Crippen LogP contribution in [0.5, 0.6) is 0 Å². The van der Waals surface area contributed by atoms with E-state index in [9.17, 15) is 4.79 Å². The molecule has 1 amide bonds. The molecular weight excluding hydrogens is 383 g/mol. The van der Waals surface area contributed by atoms with Gasteiger partial charge in [-0.15, -0.1) is 0 Å². The Bertz CT molecular complexity index is 384. The first kappa shape index (κ1) is 13.9. The third kappa shape index (κ3) is 3.71. The first-order valence-corrected chi connectivity index (χ1v) is 6.83. The number of likely N-dealkylation sites (N-methyl/N-ethyl adjacent to an activating group) is 1. The second kappa shape index (κ2) is 6.56. The van der Waals surface area contributed by atoms with Crippen molar-refractivity contribution in [3.05, 3.63) is 31.8 Å². The Morgan fingerprint density at radius 1 is 1.56 bits per heavy atom. The maximum Gasteiger partial charge on any atom is 0.252 e. The molecule has 5 heteroatoms. The third-order valence-electron chi connectivity index (χ3n) is 2.26. The highest BCUT2D eigenvalue weighted by Crippen LogP contribution is 2.22. The van der Waals surface area contributed by atoms with Gasteiger partial charge in [-0.3, -0.25) is 4.79 Å². The molecule has 0 fully saturated rings. The van der Waals surface area contributed by atoms with E-state index in [1.54, 1.807) is 0 Å². The fourth-order valence-electron chi connectivity index (χ4n) is 1.12. The summed E-state index contributed by atoms with van der Waals surface area (Å²) in [6.45, 7) is 2.64. The van der Waals surface area contributed by atoms with Crippen molar-refractivity contribution in [2.45, 2.75) is 13.0 Å². The Morgan fingerprint density at radius 3 is 2.88 bits per heavy atom. The summed E-state index contributed by atoms with van der Waals surface area (Å²) in [5, 5.41) is 5.96. The first-order valence-electron chi connectivity index (χ1n) is 4.95. The molecule has 3 nitrogen and oxygen atoms in total. The quantitative estimate of drug-likeness (QED) is 0.767. The molecule has 0 heterocycles. The molecule has 16 heavy (non-hydrogen) atoms. The molecule has 0 aromatic heterocycles. The average Bonchev–Trinajstić information content (AvgIpc) is 2.29. The SMILES string of the molecule is CNC(C)CNC(=O)c1cccc(Br)c1I. The van der Waals surface area contributed by atoms with Crippen LogP contribution in [0, 0.1) is 3.57 Å². The summed E-state index contributed by atoms with van der Waals surface area (Å²) < 4.78 is 1.89. The Balaban J connectivity index is 2.70. The van der Waals surface area contributed by atoms with E-state index in [1.165, 1.54) is 0 Å². The number of amides is 1. The van der Waals surface area contributed by atoms with Crippen LogP contribution in [0.4, 0.5) is 0 Å². The predicted octanol–water partition coefficient (Wildman–Crippen LogP) is 2.39. The summed E-state index contributed by atoms with van der Waals surface area (Å²) >= 11 is 5.57. The highest BCUT2D eigenvalue weighted by molar-refractivity contribution is 14.1.